The summed E-state index contributed by atoms with van der Waals surface area (Å²) in [6, 6.07) is 30.8. The van der Waals surface area contributed by atoms with Crippen LogP contribution in [0.5, 0.6) is 5.75 Å². The van der Waals surface area contributed by atoms with Gasteiger partial charge < -0.3 is 30.2 Å². The van der Waals surface area contributed by atoms with Gasteiger partial charge in [0.25, 0.3) is 0 Å². The number of rotatable bonds is 10. The van der Waals surface area contributed by atoms with Gasteiger partial charge in [-0.05, 0) is 78.9 Å². The number of aryl methyl sites for hydroxylation is 1. The van der Waals surface area contributed by atoms with Crippen LogP contribution in [-0.4, -0.2) is 87.0 Å². The third-order valence-electron chi connectivity index (χ3n) is 12.4. The van der Waals surface area contributed by atoms with Gasteiger partial charge in [0.05, 0.1) is 45.4 Å². The average molecular weight is 808 g/mol. The lowest BCUT2D eigenvalue weighted by Gasteiger charge is -2.61. The number of para-hydroxylation sites is 1. The van der Waals surface area contributed by atoms with Crippen LogP contribution in [-0.2, 0) is 9.59 Å². The van der Waals surface area contributed by atoms with Gasteiger partial charge >= 0.3 is 0 Å². The number of benzene rings is 4. The number of thiazole rings is 1. The number of β-amino-alcohol motifs (C(OH)–C–C–N with tert-alkyl or cyclic N) is 1. The molecular formula is C47H49N7O4S. The highest BCUT2D eigenvalue weighted by Crippen LogP contribution is 2.45. The number of amides is 2. The zero-order valence-electron chi connectivity index (χ0n) is 33.7. The van der Waals surface area contributed by atoms with E-state index >= 15 is 0 Å². The molecule has 4 aromatic carbocycles. The van der Waals surface area contributed by atoms with Crippen molar-refractivity contribution in [3.63, 3.8) is 0 Å². The van der Waals surface area contributed by atoms with Crippen LogP contribution in [0.2, 0.25) is 0 Å². The van der Waals surface area contributed by atoms with Crippen LogP contribution in [0.25, 0.3) is 32.6 Å². The van der Waals surface area contributed by atoms with E-state index in [2.05, 4.69) is 60.6 Å². The van der Waals surface area contributed by atoms with E-state index in [9.17, 15) is 19.8 Å². The number of hydrogen-bond acceptors (Lipinski definition) is 10. The van der Waals surface area contributed by atoms with Crippen LogP contribution < -0.4 is 15.1 Å². The Hall–Kier alpha value is -5.85. The van der Waals surface area contributed by atoms with Crippen molar-refractivity contribution in [3.05, 3.63) is 119 Å². The number of fused-ring (bicyclic) bond motifs is 1. The number of hydrogen-bond donors (Lipinski definition) is 3. The minimum absolute atomic E-state index is 0.0227. The molecule has 0 radical (unpaired) electrons. The molecule has 1 spiro atoms. The Morgan fingerprint density at radius 2 is 1.58 bits per heavy atom. The maximum absolute atomic E-state index is 14.4. The van der Waals surface area contributed by atoms with E-state index in [1.807, 2.05) is 87.8 Å². The van der Waals surface area contributed by atoms with Gasteiger partial charge in [-0.1, -0.05) is 68.4 Å². The second kappa shape index (κ2) is 15.4. The van der Waals surface area contributed by atoms with E-state index in [1.54, 1.807) is 28.4 Å². The molecular weight excluding hydrogens is 759 g/mol. The van der Waals surface area contributed by atoms with Gasteiger partial charge in [0.1, 0.15) is 11.8 Å². The van der Waals surface area contributed by atoms with Gasteiger partial charge in [-0.25, -0.2) is 4.98 Å². The molecule has 0 saturated carbocycles. The van der Waals surface area contributed by atoms with Gasteiger partial charge in [0, 0.05) is 66.9 Å². The van der Waals surface area contributed by atoms with Crippen molar-refractivity contribution in [1.29, 1.82) is 0 Å². The molecule has 2 aromatic heterocycles. The first-order valence-electron chi connectivity index (χ1n) is 20.4. The lowest BCUT2D eigenvalue weighted by molar-refractivity contribution is -0.140. The highest BCUT2D eigenvalue weighted by atomic mass is 32.1. The molecule has 11 nitrogen and oxygen atoms in total. The molecule has 3 N–H and O–H groups in total. The lowest BCUT2D eigenvalue weighted by atomic mass is 9.72. The molecule has 59 heavy (non-hydrogen) atoms. The molecule has 302 valence electrons. The van der Waals surface area contributed by atoms with Gasteiger partial charge in [0.2, 0.25) is 11.8 Å². The molecule has 0 bridgehead atoms. The number of likely N-dealkylation sites (tertiary alicyclic amines) is 1. The SMILES string of the molecule is Cc1ncsc1-c1ccc([C@H](C)NC(=O)[C@@H]2C[C@@H](O)CN2C(=O)C(c2cccc(N3CC4(C3)CN(c3ccc5cc(-c6ccccc6O)nnc5c3)C4)c2)C(C)C)cc1. The fourth-order valence-corrected chi connectivity index (χ4v) is 10.1. The van der Waals surface area contributed by atoms with Crippen LogP contribution >= 0.6 is 11.3 Å². The van der Waals surface area contributed by atoms with E-state index in [1.165, 1.54) is 0 Å². The zero-order valence-corrected chi connectivity index (χ0v) is 34.6. The molecule has 3 saturated heterocycles. The minimum atomic E-state index is -0.768. The monoisotopic (exact) mass is 807 g/mol. The lowest BCUT2D eigenvalue weighted by Crippen LogP contribution is -2.72. The Morgan fingerprint density at radius 3 is 2.27 bits per heavy atom. The predicted molar refractivity (Wildman–Crippen MR) is 232 cm³/mol. The van der Waals surface area contributed by atoms with E-state index in [4.69, 9.17) is 0 Å². The summed E-state index contributed by atoms with van der Waals surface area (Å²) in [5.41, 5.74) is 10.3. The summed E-state index contributed by atoms with van der Waals surface area (Å²) in [6.45, 7) is 11.9. The third kappa shape index (κ3) is 7.40. The van der Waals surface area contributed by atoms with Crippen LogP contribution in [0, 0.1) is 18.3 Å². The van der Waals surface area contributed by atoms with Crippen molar-refractivity contribution in [2.75, 3.05) is 42.5 Å². The van der Waals surface area contributed by atoms with Gasteiger partial charge in [-0.15, -0.1) is 21.5 Å². The zero-order chi connectivity index (χ0) is 41.0. The summed E-state index contributed by atoms with van der Waals surface area (Å²) in [5.74, 6) is -0.685. The Morgan fingerprint density at radius 1 is 0.847 bits per heavy atom. The van der Waals surface area contributed by atoms with E-state index < -0.39 is 18.1 Å². The second-order valence-corrected chi connectivity index (χ2v) is 17.9. The minimum Gasteiger partial charge on any atom is -0.507 e. The van der Waals surface area contributed by atoms with Crippen molar-refractivity contribution < 1.29 is 19.8 Å². The Kier molecular flexibility index (Phi) is 10.1. The number of aromatic nitrogens is 3. The molecule has 1 unspecified atom stereocenters. The molecule has 9 rings (SSSR count). The highest BCUT2D eigenvalue weighted by Gasteiger charge is 2.52. The maximum atomic E-state index is 14.4. The molecule has 0 aliphatic carbocycles. The second-order valence-electron chi connectivity index (χ2n) is 17.0. The first kappa shape index (κ1) is 38.7. The van der Waals surface area contributed by atoms with Crippen molar-refractivity contribution in [2.24, 2.45) is 11.3 Å². The Labute approximate surface area is 348 Å². The van der Waals surface area contributed by atoms with Crippen LogP contribution in [0.3, 0.4) is 0 Å². The number of carbonyl (C=O) groups excluding carboxylic acids is 2. The number of aliphatic hydroxyl groups is 1. The highest BCUT2D eigenvalue weighted by molar-refractivity contribution is 7.13. The number of carbonyl (C=O) groups is 2. The number of phenolic OH excluding ortho intramolecular Hbond substituents is 1. The van der Waals surface area contributed by atoms with Crippen molar-refractivity contribution in [2.45, 2.75) is 58.2 Å². The summed E-state index contributed by atoms with van der Waals surface area (Å²) in [4.78, 5) is 40.1. The van der Waals surface area contributed by atoms with E-state index in [0.29, 0.717) is 11.3 Å². The normalized spacial score (nSPS) is 19.5. The quantitative estimate of drug-likeness (QED) is 0.130. The summed E-state index contributed by atoms with van der Waals surface area (Å²) in [6.07, 6.45) is -0.561. The molecule has 3 aliphatic rings. The molecule has 4 atom stereocenters. The van der Waals surface area contributed by atoms with Crippen LogP contribution in [0.1, 0.15) is 56.0 Å². The standard InChI is InChI=1S/C47H49N7O4S/c1-28(2)43(46(58)54-22-37(55)21-41(54)45(57)49-29(3)31-12-14-32(15-13-31)44-30(4)48-27-59-44)34-8-7-9-35(18-34)52-23-47(24-52)25-53(26-47)36-17-16-33-19-40(51-50-39(33)20-36)38-10-5-6-11-42(38)56/h5-20,27-29,37,41,43,55-56H,21-26H2,1-4H3,(H,49,57)/t29-,37+,41-,43?/m0/s1. The van der Waals surface area contributed by atoms with Crippen LogP contribution in [0.4, 0.5) is 11.4 Å². The van der Waals surface area contributed by atoms with E-state index in [0.717, 1.165) is 75.7 Å². The topological polar surface area (TPSA) is 135 Å². The van der Waals surface area contributed by atoms with Crippen molar-refractivity contribution >= 4 is 45.4 Å². The summed E-state index contributed by atoms with van der Waals surface area (Å²) in [7, 11) is 0. The summed E-state index contributed by atoms with van der Waals surface area (Å²) < 4.78 is 0. The maximum Gasteiger partial charge on any atom is 0.243 e. The average Bonchev–Trinajstić information content (AvgIpc) is 3.82. The third-order valence-corrected chi connectivity index (χ3v) is 13.4. The molecule has 6 aromatic rings. The van der Waals surface area contributed by atoms with Gasteiger partial charge in [0.15, 0.2) is 0 Å². The fraction of sp³-hybridized carbons (Fsp3) is 0.340. The molecule has 3 aliphatic heterocycles. The van der Waals surface area contributed by atoms with Crippen molar-refractivity contribution in [3.8, 4) is 27.4 Å². The smallest absolute Gasteiger partial charge is 0.243 e. The number of nitrogens with zero attached hydrogens (tertiary/aromatic N) is 6. The molecule has 12 heteroatoms. The molecule has 5 heterocycles. The number of aliphatic hydroxyl groups excluding tert-OH is 1. The largest absolute Gasteiger partial charge is 0.507 e. The first-order valence-corrected chi connectivity index (χ1v) is 21.3. The fourth-order valence-electron chi connectivity index (χ4n) is 9.24. The number of nitrogens with one attached hydrogen (secondary N) is 1. The molecule has 2 amide bonds. The number of phenols is 1. The number of aromatic hydroxyl groups is 1. The Balaban J connectivity index is 0.831. The predicted octanol–water partition coefficient (Wildman–Crippen LogP) is 7.34. The number of anilines is 2. The molecule has 3 fully saturated rings. The Bertz CT molecular complexity index is 2530. The van der Waals surface area contributed by atoms with E-state index in [-0.39, 0.29) is 47.9 Å². The summed E-state index contributed by atoms with van der Waals surface area (Å²) >= 11 is 1.61. The van der Waals surface area contributed by atoms with Crippen LogP contribution in [0.15, 0.2) is 103 Å². The van der Waals surface area contributed by atoms with Crippen molar-refractivity contribution in [1.82, 2.24) is 25.4 Å². The summed E-state index contributed by atoms with van der Waals surface area (Å²) in [5, 5.41) is 34.1. The van der Waals surface area contributed by atoms with Gasteiger partial charge in [-0.2, -0.15) is 0 Å². The van der Waals surface area contributed by atoms with Gasteiger partial charge in [-0.3, -0.25) is 9.59 Å². The first-order chi connectivity index (χ1) is 28.4.